The Morgan fingerprint density at radius 2 is 0.389 bits per heavy atom. The number of hydrogen-bond acceptors (Lipinski definition) is 11. The van der Waals surface area contributed by atoms with Gasteiger partial charge in [-0.15, -0.1) is 0 Å². The zero-order chi connectivity index (χ0) is 65.7. The van der Waals surface area contributed by atoms with Crippen molar-refractivity contribution in [2.45, 2.75) is 437 Å². The molecule has 0 saturated carbocycles. The molecule has 90 heavy (non-hydrogen) atoms. The molecule has 0 amide bonds. The summed E-state index contributed by atoms with van der Waals surface area (Å²) in [6.07, 6.45) is 72.9. The number of carbonyl (C=O) groups is 3. The molecule has 0 radical (unpaired) electrons. The van der Waals surface area contributed by atoms with Crippen LogP contribution in [0.25, 0.3) is 0 Å². The first-order valence-corrected chi connectivity index (χ1v) is 42.1. The molecule has 0 bridgehead atoms. The number of thioether (sulfide) groups is 2. The molecule has 4 N–H and O–H groups in total. The number of ketones is 1. The molecule has 0 saturated heterocycles. The molecule has 9 nitrogen and oxygen atoms in total. The number of aliphatic hydroxyl groups is 4. The minimum absolute atomic E-state index is 0.293. The Morgan fingerprint density at radius 3 is 0.544 bits per heavy atom. The third-order valence-electron chi connectivity index (χ3n) is 19.1. The molecular weight excluding hydrogens is 1150 g/mol. The highest BCUT2D eigenvalue weighted by molar-refractivity contribution is 8.19. The number of Topliss-reactive ketones (excluding diaryl/α,β-unsaturated/α-hetero) is 1. The molecule has 0 heterocycles. The Morgan fingerprint density at radius 1 is 0.244 bits per heavy atom. The van der Waals surface area contributed by atoms with Gasteiger partial charge in [0.15, 0.2) is 0 Å². The van der Waals surface area contributed by atoms with Crippen LogP contribution in [0.3, 0.4) is 0 Å². The fraction of sp³-hybridized carbons (Fsp3) is 0.962. The average Bonchev–Trinajstić information content (AvgIpc) is 3.65. The van der Waals surface area contributed by atoms with Crippen LogP contribution in [0.5, 0.6) is 0 Å². The fourth-order valence-electron chi connectivity index (χ4n) is 13.1. The van der Waals surface area contributed by atoms with E-state index in [0.717, 1.165) is 74.9 Å². The maximum absolute atomic E-state index is 13.2. The van der Waals surface area contributed by atoms with Crippen LogP contribution in [-0.2, 0) is 14.4 Å². The van der Waals surface area contributed by atoms with Gasteiger partial charge in [0.05, 0.1) is 24.4 Å². The van der Waals surface area contributed by atoms with Crippen LogP contribution in [0.1, 0.15) is 413 Å². The highest BCUT2D eigenvalue weighted by atomic mass is 32.2. The van der Waals surface area contributed by atoms with Gasteiger partial charge in [-0.05, 0) is 25.7 Å². The van der Waals surface area contributed by atoms with E-state index in [1.54, 1.807) is 0 Å². The first-order valence-electron chi connectivity index (χ1n) is 40.1. The minimum atomic E-state index is -1.01. The normalized spacial score (nSPS) is 13.3. The van der Waals surface area contributed by atoms with Gasteiger partial charge < -0.3 is 20.4 Å². The summed E-state index contributed by atoms with van der Waals surface area (Å²) in [4.78, 5) is 43.8. The summed E-state index contributed by atoms with van der Waals surface area (Å²) in [6.45, 7) is 11.6. The number of aliphatic hydroxyl groups excluding tert-OH is 4. The molecule has 536 valence electrons. The second-order valence-electron chi connectivity index (χ2n) is 28.3. The monoisotopic (exact) mass is 1310 g/mol. The van der Waals surface area contributed by atoms with Crippen LogP contribution in [0.2, 0.25) is 0 Å². The lowest BCUT2D eigenvalue weighted by Crippen LogP contribution is -2.40. The zero-order valence-electron chi connectivity index (χ0n) is 60.6. The van der Waals surface area contributed by atoms with Crippen LogP contribution >= 0.6 is 23.5 Å². The van der Waals surface area contributed by atoms with Gasteiger partial charge in [0.2, 0.25) is 0 Å². The molecule has 0 aromatic rings. The Balaban J connectivity index is 5.19. The van der Waals surface area contributed by atoms with Crippen LogP contribution < -0.4 is 0 Å². The Hall–Kier alpha value is -0.530. The highest BCUT2D eigenvalue weighted by Gasteiger charge is 2.25. The van der Waals surface area contributed by atoms with E-state index in [9.17, 15) is 34.8 Å². The van der Waals surface area contributed by atoms with Crippen molar-refractivity contribution < 1.29 is 34.8 Å². The fourth-order valence-corrected chi connectivity index (χ4v) is 14.7. The molecule has 4 unspecified atom stereocenters. The molecule has 0 rings (SSSR count). The van der Waals surface area contributed by atoms with Crippen LogP contribution in [0.15, 0.2) is 0 Å². The van der Waals surface area contributed by atoms with Crippen LogP contribution in [-0.4, -0.2) is 121 Å². The summed E-state index contributed by atoms with van der Waals surface area (Å²) < 4.78 is 0. The lowest BCUT2D eigenvalue weighted by atomic mass is 10.0. The van der Waals surface area contributed by atoms with Crippen molar-refractivity contribution in [3.63, 3.8) is 0 Å². The lowest BCUT2D eigenvalue weighted by molar-refractivity contribution is -0.137. The average molecular weight is 1310 g/mol. The molecular formula is C79H156N2O7S2. The molecule has 0 aliphatic carbocycles. The van der Waals surface area contributed by atoms with Crippen molar-refractivity contribution in [2.75, 3.05) is 50.8 Å². The van der Waals surface area contributed by atoms with Crippen molar-refractivity contribution in [1.82, 2.24) is 9.80 Å². The van der Waals surface area contributed by atoms with Crippen molar-refractivity contribution in [1.29, 1.82) is 0 Å². The Kier molecular flexibility index (Phi) is 72.3. The number of nitrogens with zero attached hydrogens (tertiary/aromatic N) is 2. The number of hydrogen-bond donors (Lipinski definition) is 4. The predicted octanol–water partition coefficient (Wildman–Crippen LogP) is 22.6. The van der Waals surface area contributed by atoms with Crippen LogP contribution in [0.4, 0.5) is 0 Å². The summed E-state index contributed by atoms with van der Waals surface area (Å²) >= 11 is 1.73. The molecule has 0 aliphatic heterocycles. The number of unbranched alkanes of at least 4 members (excludes halogenated alkanes) is 52. The molecule has 0 aromatic heterocycles. The zero-order valence-corrected chi connectivity index (χ0v) is 62.3. The van der Waals surface area contributed by atoms with Crippen molar-refractivity contribution in [3.05, 3.63) is 0 Å². The first kappa shape index (κ1) is 89.5. The summed E-state index contributed by atoms with van der Waals surface area (Å²) in [7, 11) is 0. The lowest BCUT2D eigenvalue weighted by Gasteiger charge is -2.27. The van der Waals surface area contributed by atoms with E-state index in [1.165, 1.54) is 308 Å². The van der Waals surface area contributed by atoms with Gasteiger partial charge >= 0.3 is 0 Å². The second-order valence-corrected chi connectivity index (χ2v) is 30.4. The summed E-state index contributed by atoms with van der Waals surface area (Å²) in [5.74, 6) is -0.418. The quantitative estimate of drug-likeness (QED) is 0.0263. The molecule has 0 aromatic carbocycles. The SMILES string of the molecule is CCCCCCCCCCCCCCCCC(O)CN(CCSC(=O)C(=O)C(=O)SCCN(CC(O)CCCCCCCCCCCCCCCC)CC(O)CCCCCCCCCCCCCCCC)CC(O)CCCCCCCCCCCCCCCC. The largest absolute Gasteiger partial charge is 0.392 e. The number of rotatable bonds is 76. The van der Waals surface area contributed by atoms with Crippen molar-refractivity contribution >= 4 is 39.5 Å². The van der Waals surface area contributed by atoms with Gasteiger partial charge in [0.25, 0.3) is 16.0 Å². The molecule has 0 aliphatic rings. The van der Waals surface area contributed by atoms with E-state index in [0.29, 0.717) is 76.5 Å². The third-order valence-corrected chi connectivity index (χ3v) is 20.8. The van der Waals surface area contributed by atoms with E-state index < -0.39 is 40.4 Å². The summed E-state index contributed by atoms with van der Waals surface area (Å²) in [5, 5.41) is 43.4. The standard InChI is InChI=1S/C79H156N2O7S2/c1-5-9-13-17-21-25-29-33-37-41-45-49-53-57-61-73(82)69-80(70-74(83)62-58-54-50-46-42-38-34-30-26-22-18-14-10-6-2)65-67-89-78(87)77(86)79(88)90-68-66-81(71-75(84)63-59-55-51-47-43-39-35-31-27-23-19-15-11-7-3)72-76(85)64-60-56-52-48-44-40-36-32-28-24-20-16-12-8-4/h73-76,82-85H,5-72H2,1-4H3. The van der Waals surface area contributed by atoms with Crippen molar-refractivity contribution in [2.24, 2.45) is 0 Å². The maximum Gasteiger partial charge on any atom is 0.286 e. The third kappa shape index (κ3) is 66.1. The van der Waals surface area contributed by atoms with Crippen LogP contribution in [0, 0.1) is 0 Å². The van der Waals surface area contributed by atoms with E-state index in [-0.39, 0.29) is 0 Å². The van der Waals surface area contributed by atoms with E-state index in [1.807, 2.05) is 0 Å². The molecule has 0 spiro atoms. The Labute approximate surface area is 569 Å². The Bertz CT molecular complexity index is 1290. The first-order chi connectivity index (χ1) is 44.1. The van der Waals surface area contributed by atoms with Gasteiger partial charge in [-0.1, -0.05) is 411 Å². The van der Waals surface area contributed by atoms with Gasteiger partial charge in [0.1, 0.15) is 0 Å². The molecule has 4 atom stereocenters. The van der Waals surface area contributed by atoms with E-state index in [4.69, 9.17) is 0 Å². The summed E-state index contributed by atoms with van der Waals surface area (Å²) in [6, 6.07) is 0. The molecule has 11 heteroatoms. The van der Waals surface area contributed by atoms with Gasteiger partial charge in [-0.2, -0.15) is 0 Å². The van der Waals surface area contributed by atoms with Crippen molar-refractivity contribution in [3.8, 4) is 0 Å². The maximum atomic E-state index is 13.2. The number of carbonyl (C=O) groups excluding carboxylic acids is 3. The smallest absolute Gasteiger partial charge is 0.286 e. The second kappa shape index (κ2) is 72.7. The van der Waals surface area contributed by atoms with E-state index >= 15 is 0 Å². The molecule has 0 fully saturated rings. The van der Waals surface area contributed by atoms with Gasteiger partial charge in [0, 0.05) is 50.8 Å². The predicted molar refractivity (Wildman–Crippen MR) is 397 cm³/mol. The van der Waals surface area contributed by atoms with E-state index in [2.05, 4.69) is 37.5 Å². The highest BCUT2D eigenvalue weighted by Crippen LogP contribution is 2.21. The van der Waals surface area contributed by atoms with Gasteiger partial charge in [-0.25, -0.2) is 0 Å². The minimum Gasteiger partial charge on any atom is -0.392 e. The summed E-state index contributed by atoms with van der Waals surface area (Å²) in [5.41, 5.74) is 0. The topological polar surface area (TPSA) is 139 Å². The van der Waals surface area contributed by atoms with Gasteiger partial charge in [-0.3, -0.25) is 24.2 Å².